The van der Waals surface area contributed by atoms with E-state index in [9.17, 15) is 4.39 Å². The molecule has 0 heterocycles. The fourth-order valence-corrected chi connectivity index (χ4v) is 0.616. The van der Waals surface area contributed by atoms with Crippen molar-refractivity contribution < 1.29 is 4.39 Å². The van der Waals surface area contributed by atoms with E-state index in [1.165, 1.54) is 0 Å². The van der Waals surface area contributed by atoms with E-state index in [1.54, 1.807) is 19.1 Å². The van der Waals surface area contributed by atoms with Crippen LogP contribution in [0, 0.1) is 28.1 Å². The van der Waals surface area contributed by atoms with Crippen molar-refractivity contribution in [1.82, 2.24) is 0 Å². The lowest BCUT2D eigenvalue weighted by Gasteiger charge is -2.06. The summed E-state index contributed by atoms with van der Waals surface area (Å²) >= 11 is 0. The Bertz CT molecular complexity index is 218. The SMILES string of the molecule is CC(C#N)(C#N)CC=CCCF. The van der Waals surface area contributed by atoms with Gasteiger partial charge in [-0.05, 0) is 19.8 Å². The Morgan fingerprint density at radius 2 is 1.92 bits per heavy atom. The van der Waals surface area contributed by atoms with Crippen LogP contribution < -0.4 is 0 Å². The molecule has 0 aliphatic rings. The first-order valence-corrected chi connectivity index (χ1v) is 3.72. The fourth-order valence-electron chi connectivity index (χ4n) is 0.616. The molecular formula is C9H11FN2. The Balaban J connectivity index is 3.93. The van der Waals surface area contributed by atoms with E-state index >= 15 is 0 Å². The standard InChI is InChI=1S/C9H11FN2/c1-9(7-11,8-12)5-3-2-4-6-10/h2-3H,4-6H2,1H3. The number of hydrogen-bond acceptors (Lipinski definition) is 2. The first-order chi connectivity index (χ1) is 5.68. The average Bonchev–Trinajstić information content (AvgIpc) is 2.12. The Kier molecular flexibility index (Phi) is 4.72. The molecule has 0 aliphatic carbocycles. The van der Waals surface area contributed by atoms with Gasteiger partial charge < -0.3 is 0 Å². The summed E-state index contributed by atoms with van der Waals surface area (Å²) in [5.41, 5.74) is -0.965. The minimum atomic E-state index is -0.965. The van der Waals surface area contributed by atoms with Crippen LogP contribution >= 0.6 is 0 Å². The van der Waals surface area contributed by atoms with E-state index in [1.807, 2.05) is 12.1 Å². The molecule has 3 heteroatoms. The predicted molar refractivity (Wildman–Crippen MR) is 43.7 cm³/mol. The minimum absolute atomic E-state index is 0.354. The first kappa shape index (κ1) is 10.7. The van der Waals surface area contributed by atoms with Crippen molar-refractivity contribution in [2.45, 2.75) is 19.8 Å². The summed E-state index contributed by atoms with van der Waals surface area (Å²) in [7, 11) is 0. The molecule has 0 amide bonds. The molecule has 0 rings (SSSR count). The summed E-state index contributed by atoms with van der Waals surface area (Å²) in [4.78, 5) is 0. The number of hydrogen-bond donors (Lipinski definition) is 0. The average molecular weight is 166 g/mol. The lowest BCUT2D eigenvalue weighted by molar-refractivity contribution is 0.500. The molecule has 0 aromatic rings. The van der Waals surface area contributed by atoms with Gasteiger partial charge in [0, 0.05) is 0 Å². The van der Waals surface area contributed by atoms with Crippen molar-refractivity contribution >= 4 is 0 Å². The van der Waals surface area contributed by atoms with Gasteiger partial charge in [-0.2, -0.15) is 10.5 Å². The topological polar surface area (TPSA) is 47.6 Å². The van der Waals surface area contributed by atoms with Crippen molar-refractivity contribution in [3.05, 3.63) is 12.2 Å². The highest BCUT2D eigenvalue weighted by Gasteiger charge is 2.20. The highest BCUT2D eigenvalue weighted by Crippen LogP contribution is 2.18. The van der Waals surface area contributed by atoms with Crippen LogP contribution in [-0.2, 0) is 0 Å². The number of rotatable bonds is 4. The zero-order chi connectivity index (χ0) is 9.45. The number of nitriles is 2. The van der Waals surface area contributed by atoms with Crippen LogP contribution in [0.2, 0.25) is 0 Å². The second-order valence-electron chi connectivity index (χ2n) is 2.71. The van der Waals surface area contributed by atoms with Gasteiger partial charge in [-0.15, -0.1) is 0 Å². The zero-order valence-corrected chi connectivity index (χ0v) is 7.05. The molecular weight excluding hydrogens is 155 g/mol. The van der Waals surface area contributed by atoms with E-state index in [4.69, 9.17) is 10.5 Å². The molecule has 0 spiro atoms. The number of alkyl halides is 1. The highest BCUT2D eigenvalue weighted by atomic mass is 19.1. The summed E-state index contributed by atoms with van der Waals surface area (Å²) in [6, 6.07) is 3.80. The van der Waals surface area contributed by atoms with Gasteiger partial charge >= 0.3 is 0 Å². The molecule has 64 valence electrons. The lowest BCUT2D eigenvalue weighted by Crippen LogP contribution is -2.08. The molecule has 0 N–H and O–H groups in total. The monoisotopic (exact) mass is 166 g/mol. The summed E-state index contributed by atoms with van der Waals surface area (Å²) in [5.74, 6) is 0. The van der Waals surface area contributed by atoms with Crippen molar-refractivity contribution in [3.63, 3.8) is 0 Å². The summed E-state index contributed by atoms with van der Waals surface area (Å²) in [5, 5.41) is 17.1. The zero-order valence-electron chi connectivity index (χ0n) is 7.05. The molecule has 0 aromatic carbocycles. The van der Waals surface area contributed by atoms with E-state index in [0.717, 1.165) is 0 Å². The maximum atomic E-state index is 11.6. The van der Waals surface area contributed by atoms with Crippen LogP contribution in [0.4, 0.5) is 4.39 Å². The molecule has 0 bridgehead atoms. The minimum Gasteiger partial charge on any atom is -0.251 e. The van der Waals surface area contributed by atoms with Gasteiger partial charge in [0.1, 0.15) is 5.41 Å². The molecule has 2 nitrogen and oxygen atoms in total. The van der Waals surface area contributed by atoms with Crippen LogP contribution in [0.1, 0.15) is 19.8 Å². The molecule has 0 saturated heterocycles. The van der Waals surface area contributed by atoms with Crippen LogP contribution in [-0.4, -0.2) is 6.67 Å². The lowest BCUT2D eigenvalue weighted by atomic mass is 9.90. The molecule has 0 saturated carbocycles. The largest absolute Gasteiger partial charge is 0.251 e. The van der Waals surface area contributed by atoms with E-state index < -0.39 is 12.1 Å². The van der Waals surface area contributed by atoms with Crippen LogP contribution in [0.5, 0.6) is 0 Å². The van der Waals surface area contributed by atoms with E-state index in [2.05, 4.69) is 0 Å². The summed E-state index contributed by atoms with van der Waals surface area (Å²) < 4.78 is 11.6. The summed E-state index contributed by atoms with van der Waals surface area (Å²) in [6.45, 7) is 1.17. The van der Waals surface area contributed by atoms with Crippen LogP contribution in [0.3, 0.4) is 0 Å². The van der Waals surface area contributed by atoms with E-state index in [0.29, 0.717) is 12.8 Å². The van der Waals surface area contributed by atoms with Gasteiger partial charge in [0.05, 0.1) is 18.8 Å². The fraction of sp³-hybridized carbons (Fsp3) is 0.556. The third-order valence-corrected chi connectivity index (χ3v) is 1.46. The smallest absolute Gasteiger partial charge is 0.144 e. The van der Waals surface area contributed by atoms with Crippen molar-refractivity contribution in [3.8, 4) is 12.1 Å². The van der Waals surface area contributed by atoms with E-state index in [-0.39, 0.29) is 0 Å². The maximum absolute atomic E-state index is 11.6. The third kappa shape index (κ3) is 3.73. The quantitative estimate of drug-likeness (QED) is 0.602. The van der Waals surface area contributed by atoms with Gasteiger partial charge in [-0.25, -0.2) is 0 Å². The normalized spacial score (nSPS) is 11.0. The van der Waals surface area contributed by atoms with Crippen LogP contribution in [0.15, 0.2) is 12.2 Å². The number of allylic oxidation sites excluding steroid dienone is 2. The second kappa shape index (κ2) is 5.32. The first-order valence-electron chi connectivity index (χ1n) is 3.72. The molecule has 0 unspecified atom stereocenters. The van der Waals surface area contributed by atoms with Crippen molar-refractivity contribution in [2.24, 2.45) is 5.41 Å². The Morgan fingerprint density at radius 1 is 1.33 bits per heavy atom. The Labute approximate surface area is 71.9 Å². The Morgan fingerprint density at radius 3 is 2.33 bits per heavy atom. The molecule has 12 heavy (non-hydrogen) atoms. The number of nitrogens with zero attached hydrogens (tertiary/aromatic N) is 2. The third-order valence-electron chi connectivity index (χ3n) is 1.46. The van der Waals surface area contributed by atoms with Gasteiger partial charge in [-0.1, -0.05) is 12.2 Å². The maximum Gasteiger partial charge on any atom is 0.144 e. The van der Waals surface area contributed by atoms with Crippen LogP contribution in [0.25, 0.3) is 0 Å². The molecule has 0 radical (unpaired) electrons. The van der Waals surface area contributed by atoms with Gasteiger partial charge in [0.2, 0.25) is 0 Å². The van der Waals surface area contributed by atoms with Gasteiger partial charge in [0.25, 0.3) is 0 Å². The molecule has 0 atom stereocenters. The highest BCUT2D eigenvalue weighted by molar-refractivity contribution is 5.13. The van der Waals surface area contributed by atoms with Crippen molar-refractivity contribution in [1.29, 1.82) is 10.5 Å². The van der Waals surface area contributed by atoms with Gasteiger partial charge in [0.15, 0.2) is 0 Å². The number of halogens is 1. The second-order valence-corrected chi connectivity index (χ2v) is 2.71. The predicted octanol–water partition coefficient (Wildman–Crippen LogP) is 2.35. The van der Waals surface area contributed by atoms with Gasteiger partial charge in [-0.3, -0.25) is 4.39 Å². The summed E-state index contributed by atoms with van der Waals surface area (Å²) in [6.07, 6.45) is 4.03. The Hall–Kier alpha value is -1.35. The van der Waals surface area contributed by atoms with Crippen molar-refractivity contribution in [2.75, 3.05) is 6.67 Å². The molecule has 0 aromatic heterocycles. The molecule has 0 fully saturated rings. The molecule has 0 aliphatic heterocycles.